The van der Waals surface area contributed by atoms with Gasteiger partial charge in [-0.25, -0.2) is 4.39 Å². The van der Waals surface area contributed by atoms with Crippen LogP contribution in [0, 0.1) is 5.82 Å². The molecule has 0 spiro atoms. The average Bonchev–Trinajstić information content (AvgIpc) is 2.38. The fraction of sp³-hybridized carbons (Fsp3) is 0.500. The number of carbonyl (C=O) groups excluding carboxylic acids is 1. The minimum absolute atomic E-state index is 0.0300. The fourth-order valence-electron chi connectivity index (χ4n) is 2.57. The number of carbonyl (C=O) groups is 1. The summed E-state index contributed by atoms with van der Waals surface area (Å²) in [6.45, 7) is 2.58. The van der Waals surface area contributed by atoms with Gasteiger partial charge in [-0.15, -0.1) is 0 Å². The predicted octanol–water partition coefficient (Wildman–Crippen LogP) is 2.82. The van der Waals surface area contributed by atoms with Crippen LogP contribution >= 0.6 is 11.6 Å². The van der Waals surface area contributed by atoms with E-state index in [2.05, 4.69) is 0 Å². The Hall–Kier alpha value is -1.13. The maximum absolute atomic E-state index is 13.0. The molecule has 1 fully saturated rings. The second-order valence-corrected chi connectivity index (χ2v) is 5.45. The van der Waals surface area contributed by atoms with Gasteiger partial charge in [0.25, 0.3) is 5.91 Å². The van der Waals surface area contributed by atoms with E-state index in [0.29, 0.717) is 12.1 Å². The van der Waals surface area contributed by atoms with Crippen LogP contribution in [-0.4, -0.2) is 29.4 Å². The van der Waals surface area contributed by atoms with Gasteiger partial charge in [-0.1, -0.05) is 11.6 Å². The standard InChI is InChI=1S/C14H18ClFN2O/c1-9(17)13-4-2-3-7-18(13)14(19)11-6-5-10(16)8-12(11)15/h5-6,8-9,13H,2-4,7,17H2,1H3/t9-,13-/m1/s1. The molecule has 0 bridgehead atoms. The highest BCUT2D eigenvalue weighted by atomic mass is 35.5. The molecule has 0 aliphatic carbocycles. The summed E-state index contributed by atoms with van der Waals surface area (Å²) in [4.78, 5) is 14.3. The SMILES string of the molecule is C[C@@H](N)[C@H]1CCCCN1C(=O)c1ccc(F)cc1Cl. The summed E-state index contributed by atoms with van der Waals surface area (Å²) in [5.74, 6) is -0.601. The summed E-state index contributed by atoms with van der Waals surface area (Å²) >= 11 is 5.95. The second kappa shape index (κ2) is 5.88. The zero-order valence-electron chi connectivity index (χ0n) is 10.9. The highest BCUT2D eigenvalue weighted by Crippen LogP contribution is 2.25. The third-order valence-electron chi connectivity index (χ3n) is 3.58. The number of piperidine rings is 1. The number of hydrogen-bond donors (Lipinski definition) is 1. The van der Waals surface area contributed by atoms with Crippen molar-refractivity contribution in [3.05, 3.63) is 34.6 Å². The van der Waals surface area contributed by atoms with E-state index >= 15 is 0 Å². The zero-order valence-corrected chi connectivity index (χ0v) is 11.7. The molecule has 1 heterocycles. The molecule has 3 nitrogen and oxygen atoms in total. The van der Waals surface area contributed by atoms with Gasteiger partial charge in [0.1, 0.15) is 5.82 Å². The summed E-state index contributed by atoms with van der Waals surface area (Å²) in [6.07, 6.45) is 2.95. The lowest BCUT2D eigenvalue weighted by Crippen LogP contribution is -2.51. The molecule has 19 heavy (non-hydrogen) atoms. The third-order valence-corrected chi connectivity index (χ3v) is 3.89. The van der Waals surface area contributed by atoms with E-state index in [0.717, 1.165) is 19.3 Å². The lowest BCUT2D eigenvalue weighted by atomic mass is 9.96. The first-order valence-electron chi connectivity index (χ1n) is 6.52. The van der Waals surface area contributed by atoms with Crippen LogP contribution < -0.4 is 5.73 Å². The molecular weight excluding hydrogens is 267 g/mol. The Labute approximate surface area is 117 Å². The molecule has 1 aromatic rings. The van der Waals surface area contributed by atoms with Crippen molar-refractivity contribution in [3.63, 3.8) is 0 Å². The summed E-state index contributed by atoms with van der Waals surface area (Å²) in [7, 11) is 0. The van der Waals surface area contributed by atoms with E-state index < -0.39 is 5.82 Å². The van der Waals surface area contributed by atoms with Gasteiger partial charge in [0.2, 0.25) is 0 Å². The lowest BCUT2D eigenvalue weighted by molar-refractivity contribution is 0.0584. The van der Waals surface area contributed by atoms with Gasteiger partial charge in [0.15, 0.2) is 0 Å². The number of hydrogen-bond acceptors (Lipinski definition) is 2. The Morgan fingerprint density at radius 1 is 1.53 bits per heavy atom. The van der Waals surface area contributed by atoms with Crippen LogP contribution in [0.25, 0.3) is 0 Å². The Balaban J connectivity index is 2.26. The zero-order chi connectivity index (χ0) is 14.0. The molecule has 2 N–H and O–H groups in total. The molecule has 0 radical (unpaired) electrons. The summed E-state index contributed by atoms with van der Waals surface area (Å²) in [5, 5.41) is 0.152. The molecular formula is C14H18ClFN2O. The maximum Gasteiger partial charge on any atom is 0.255 e. The first-order chi connectivity index (χ1) is 9.00. The Bertz CT molecular complexity index is 479. The number of nitrogens with zero attached hydrogens (tertiary/aromatic N) is 1. The van der Waals surface area contributed by atoms with Crippen LogP contribution in [0.5, 0.6) is 0 Å². The van der Waals surface area contributed by atoms with Crippen LogP contribution in [0.3, 0.4) is 0 Å². The molecule has 1 aliphatic rings. The van der Waals surface area contributed by atoms with Crippen LogP contribution in [0.4, 0.5) is 4.39 Å². The average molecular weight is 285 g/mol. The molecule has 0 unspecified atom stereocenters. The van der Waals surface area contributed by atoms with E-state index in [1.807, 2.05) is 6.92 Å². The number of rotatable bonds is 2. The monoisotopic (exact) mass is 284 g/mol. The number of benzene rings is 1. The second-order valence-electron chi connectivity index (χ2n) is 5.04. The first kappa shape index (κ1) is 14.3. The van der Waals surface area contributed by atoms with Crippen LogP contribution in [0.1, 0.15) is 36.5 Å². The third kappa shape index (κ3) is 3.07. The summed E-state index contributed by atoms with van der Waals surface area (Å²) in [5.41, 5.74) is 6.29. The smallest absolute Gasteiger partial charge is 0.255 e. The molecule has 1 aromatic carbocycles. The van der Waals surface area contributed by atoms with Gasteiger partial charge in [-0.2, -0.15) is 0 Å². The normalized spacial score (nSPS) is 21.3. The topological polar surface area (TPSA) is 46.3 Å². The maximum atomic E-state index is 13.0. The van der Waals surface area contributed by atoms with E-state index in [1.54, 1.807) is 4.90 Å². The van der Waals surface area contributed by atoms with Crippen molar-refractivity contribution in [2.75, 3.05) is 6.54 Å². The number of halogens is 2. The van der Waals surface area contributed by atoms with E-state index in [1.165, 1.54) is 18.2 Å². The van der Waals surface area contributed by atoms with Gasteiger partial charge in [-0.05, 0) is 44.4 Å². The van der Waals surface area contributed by atoms with Crippen LogP contribution in [-0.2, 0) is 0 Å². The molecule has 1 aliphatic heterocycles. The van der Waals surface area contributed by atoms with Crippen molar-refractivity contribution in [1.82, 2.24) is 4.90 Å². The molecule has 0 aromatic heterocycles. The van der Waals surface area contributed by atoms with Crippen molar-refractivity contribution in [2.24, 2.45) is 5.73 Å². The lowest BCUT2D eigenvalue weighted by Gasteiger charge is -2.38. The van der Waals surface area contributed by atoms with Crippen LogP contribution in [0.15, 0.2) is 18.2 Å². The van der Waals surface area contributed by atoms with Crippen molar-refractivity contribution < 1.29 is 9.18 Å². The van der Waals surface area contributed by atoms with Crippen molar-refractivity contribution >= 4 is 17.5 Å². The minimum atomic E-state index is -0.441. The minimum Gasteiger partial charge on any atom is -0.334 e. The first-order valence-corrected chi connectivity index (χ1v) is 6.90. The quantitative estimate of drug-likeness (QED) is 0.908. The predicted molar refractivity (Wildman–Crippen MR) is 73.7 cm³/mol. The van der Waals surface area contributed by atoms with Crippen molar-refractivity contribution in [3.8, 4) is 0 Å². The summed E-state index contributed by atoms with van der Waals surface area (Å²) in [6, 6.07) is 3.81. The molecule has 2 atom stereocenters. The summed E-state index contributed by atoms with van der Waals surface area (Å²) < 4.78 is 13.0. The van der Waals surface area contributed by atoms with Gasteiger partial charge >= 0.3 is 0 Å². The highest BCUT2D eigenvalue weighted by Gasteiger charge is 2.30. The van der Waals surface area contributed by atoms with Gasteiger partial charge in [0, 0.05) is 18.6 Å². The van der Waals surface area contributed by atoms with E-state index in [-0.39, 0.29) is 23.0 Å². The number of nitrogens with two attached hydrogens (primary N) is 1. The van der Waals surface area contributed by atoms with Gasteiger partial charge in [0.05, 0.1) is 10.6 Å². The van der Waals surface area contributed by atoms with Gasteiger partial charge in [-0.3, -0.25) is 4.79 Å². The molecule has 1 amide bonds. The largest absolute Gasteiger partial charge is 0.334 e. The molecule has 0 saturated carbocycles. The van der Waals surface area contributed by atoms with E-state index in [4.69, 9.17) is 17.3 Å². The Kier molecular flexibility index (Phi) is 4.42. The molecule has 5 heteroatoms. The molecule has 1 saturated heterocycles. The Morgan fingerprint density at radius 2 is 2.26 bits per heavy atom. The van der Waals surface area contributed by atoms with Gasteiger partial charge < -0.3 is 10.6 Å². The van der Waals surface area contributed by atoms with Crippen molar-refractivity contribution in [2.45, 2.75) is 38.3 Å². The van der Waals surface area contributed by atoms with Crippen LogP contribution in [0.2, 0.25) is 5.02 Å². The Morgan fingerprint density at radius 3 is 2.89 bits per heavy atom. The fourth-order valence-corrected chi connectivity index (χ4v) is 2.82. The molecule has 104 valence electrons. The number of likely N-dealkylation sites (tertiary alicyclic amines) is 1. The number of amides is 1. The van der Waals surface area contributed by atoms with E-state index in [9.17, 15) is 9.18 Å². The van der Waals surface area contributed by atoms with Crippen molar-refractivity contribution in [1.29, 1.82) is 0 Å². The highest BCUT2D eigenvalue weighted by molar-refractivity contribution is 6.33. The molecule has 2 rings (SSSR count).